The molecular formula is C18H36N2O2S2. The first-order valence-electron chi connectivity index (χ1n) is 8.68. The molecule has 4 nitrogen and oxygen atoms in total. The SMILES string of the molecule is COC(=O)C1CC(CC(C)(C)SCN(C)C)CN1CSC(C)(C)C. The highest BCUT2D eigenvalue weighted by atomic mass is 32.2. The molecule has 0 aromatic carbocycles. The minimum Gasteiger partial charge on any atom is -0.468 e. The van der Waals surface area contributed by atoms with Gasteiger partial charge in [-0.1, -0.05) is 34.6 Å². The molecule has 0 aliphatic carbocycles. The molecule has 6 heteroatoms. The molecule has 24 heavy (non-hydrogen) atoms. The number of carbonyl (C=O) groups is 1. The predicted octanol–water partition coefficient (Wildman–Crippen LogP) is 3.76. The zero-order chi connectivity index (χ0) is 18.5. The number of esters is 1. The van der Waals surface area contributed by atoms with Gasteiger partial charge >= 0.3 is 5.97 Å². The zero-order valence-corrected chi connectivity index (χ0v) is 18.4. The van der Waals surface area contributed by atoms with Crippen LogP contribution in [0.1, 0.15) is 47.5 Å². The molecule has 1 saturated heterocycles. The van der Waals surface area contributed by atoms with E-state index in [1.807, 2.05) is 23.5 Å². The molecule has 0 aromatic heterocycles. The first-order valence-corrected chi connectivity index (χ1v) is 10.6. The molecule has 2 atom stereocenters. The van der Waals surface area contributed by atoms with Gasteiger partial charge in [0.1, 0.15) is 6.04 Å². The van der Waals surface area contributed by atoms with Crippen LogP contribution in [0.3, 0.4) is 0 Å². The summed E-state index contributed by atoms with van der Waals surface area (Å²) in [7, 11) is 5.72. The first-order chi connectivity index (χ1) is 10.9. The van der Waals surface area contributed by atoms with E-state index in [1.54, 1.807) is 0 Å². The quantitative estimate of drug-likeness (QED) is 0.474. The van der Waals surface area contributed by atoms with E-state index in [1.165, 1.54) is 7.11 Å². The number of carbonyl (C=O) groups excluding carboxylic acids is 1. The number of nitrogens with zero attached hydrogens (tertiary/aromatic N) is 2. The molecule has 0 aromatic rings. The van der Waals surface area contributed by atoms with Crippen molar-refractivity contribution in [3.63, 3.8) is 0 Å². The third-order valence-corrected chi connectivity index (χ3v) is 7.04. The lowest BCUT2D eigenvalue weighted by atomic mass is 9.94. The first kappa shape index (κ1) is 22.1. The summed E-state index contributed by atoms with van der Waals surface area (Å²) in [5.41, 5.74) is 0. The molecular weight excluding hydrogens is 340 g/mol. The molecule has 0 amide bonds. The van der Waals surface area contributed by atoms with Gasteiger partial charge in [0, 0.05) is 27.8 Å². The van der Waals surface area contributed by atoms with Crippen LogP contribution in [0.5, 0.6) is 0 Å². The van der Waals surface area contributed by atoms with E-state index < -0.39 is 0 Å². The highest BCUT2D eigenvalue weighted by Gasteiger charge is 2.39. The van der Waals surface area contributed by atoms with Gasteiger partial charge in [-0.25, -0.2) is 0 Å². The molecule has 0 bridgehead atoms. The summed E-state index contributed by atoms with van der Waals surface area (Å²) in [6.07, 6.45) is 2.05. The van der Waals surface area contributed by atoms with Crippen molar-refractivity contribution in [3.8, 4) is 0 Å². The Bertz CT molecular complexity index is 408. The van der Waals surface area contributed by atoms with Crippen molar-refractivity contribution in [2.24, 2.45) is 5.92 Å². The van der Waals surface area contributed by atoms with Crippen LogP contribution in [-0.4, -0.2) is 70.8 Å². The Morgan fingerprint density at radius 1 is 1.21 bits per heavy atom. The van der Waals surface area contributed by atoms with Crippen LogP contribution >= 0.6 is 23.5 Å². The number of hydrogen-bond donors (Lipinski definition) is 0. The summed E-state index contributed by atoms with van der Waals surface area (Å²) >= 11 is 3.90. The lowest BCUT2D eigenvalue weighted by Gasteiger charge is -2.29. The van der Waals surface area contributed by atoms with Gasteiger partial charge in [0.05, 0.1) is 7.11 Å². The van der Waals surface area contributed by atoms with E-state index in [4.69, 9.17) is 4.74 Å². The van der Waals surface area contributed by atoms with Crippen molar-refractivity contribution in [3.05, 3.63) is 0 Å². The molecule has 1 heterocycles. The fourth-order valence-corrected chi connectivity index (χ4v) is 4.80. The Balaban J connectivity index is 2.66. The van der Waals surface area contributed by atoms with Crippen LogP contribution in [0, 0.1) is 5.92 Å². The van der Waals surface area contributed by atoms with Gasteiger partial charge in [0.15, 0.2) is 0 Å². The molecule has 0 saturated carbocycles. The lowest BCUT2D eigenvalue weighted by molar-refractivity contribution is -0.145. The topological polar surface area (TPSA) is 32.8 Å². The maximum Gasteiger partial charge on any atom is 0.323 e. The van der Waals surface area contributed by atoms with Gasteiger partial charge in [0.25, 0.3) is 0 Å². The van der Waals surface area contributed by atoms with Crippen LogP contribution < -0.4 is 0 Å². The lowest BCUT2D eigenvalue weighted by Crippen LogP contribution is -2.37. The van der Waals surface area contributed by atoms with Gasteiger partial charge in [-0.15, -0.1) is 23.5 Å². The number of methoxy groups -OCH3 is 1. The van der Waals surface area contributed by atoms with Gasteiger partial charge in [-0.2, -0.15) is 0 Å². The summed E-state index contributed by atoms with van der Waals surface area (Å²) in [6.45, 7) is 12.3. The van der Waals surface area contributed by atoms with Crippen molar-refractivity contribution in [1.29, 1.82) is 0 Å². The van der Waals surface area contributed by atoms with Crippen LogP contribution in [0.25, 0.3) is 0 Å². The normalized spacial score (nSPS) is 23.0. The molecule has 0 spiro atoms. The Hall–Kier alpha value is 0.0900. The van der Waals surface area contributed by atoms with Crippen molar-refractivity contribution < 1.29 is 9.53 Å². The summed E-state index contributed by atoms with van der Waals surface area (Å²) in [5, 5.41) is 0. The summed E-state index contributed by atoms with van der Waals surface area (Å²) in [5.74, 6) is 2.40. The van der Waals surface area contributed by atoms with E-state index in [2.05, 4.69) is 58.5 Å². The van der Waals surface area contributed by atoms with Crippen molar-refractivity contribution in [2.45, 2.75) is 63.0 Å². The highest BCUT2D eigenvalue weighted by Crippen LogP contribution is 2.38. The average Bonchev–Trinajstić information content (AvgIpc) is 2.83. The number of ether oxygens (including phenoxy) is 1. The molecule has 1 fully saturated rings. The Labute approximate surface area is 157 Å². The summed E-state index contributed by atoms with van der Waals surface area (Å²) in [4.78, 5) is 16.7. The van der Waals surface area contributed by atoms with E-state index in [0.717, 1.165) is 31.1 Å². The molecule has 142 valence electrons. The van der Waals surface area contributed by atoms with Crippen LogP contribution in [0.2, 0.25) is 0 Å². The number of thioether (sulfide) groups is 2. The molecule has 0 N–H and O–H groups in total. The second-order valence-electron chi connectivity index (χ2n) is 8.61. The monoisotopic (exact) mass is 376 g/mol. The van der Waals surface area contributed by atoms with Gasteiger partial charge in [-0.05, 0) is 32.9 Å². The van der Waals surface area contributed by atoms with Crippen molar-refractivity contribution in [2.75, 3.05) is 39.5 Å². The van der Waals surface area contributed by atoms with E-state index in [9.17, 15) is 4.79 Å². The fourth-order valence-electron chi connectivity index (χ4n) is 3.00. The Kier molecular flexibility index (Phi) is 8.44. The Morgan fingerprint density at radius 3 is 2.33 bits per heavy atom. The molecule has 1 aliphatic heterocycles. The van der Waals surface area contributed by atoms with Crippen LogP contribution in [0.4, 0.5) is 0 Å². The maximum absolute atomic E-state index is 12.2. The largest absolute Gasteiger partial charge is 0.468 e. The Morgan fingerprint density at radius 2 is 1.83 bits per heavy atom. The van der Waals surface area contributed by atoms with Crippen LogP contribution in [-0.2, 0) is 9.53 Å². The summed E-state index contributed by atoms with van der Waals surface area (Å²) < 4.78 is 5.48. The second kappa shape index (κ2) is 9.15. The molecule has 0 radical (unpaired) electrons. The molecule has 1 aliphatic rings. The van der Waals surface area contributed by atoms with E-state index in [0.29, 0.717) is 5.92 Å². The van der Waals surface area contributed by atoms with Gasteiger partial charge < -0.3 is 9.64 Å². The highest BCUT2D eigenvalue weighted by molar-refractivity contribution is 8.00. The summed E-state index contributed by atoms with van der Waals surface area (Å²) in [6, 6.07) is -0.0792. The van der Waals surface area contributed by atoms with Gasteiger partial charge in [0.2, 0.25) is 0 Å². The predicted molar refractivity (Wildman–Crippen MR) is 108 cm³/mol. The number of likely N-dealkylation sites (tertiary alicyclic amines) is 1. The third kappa shape index (κ3) is 7.98. The van der Waals surface area contributed by atoms with Crippen molar-refractivity contribution >= 4 is 29.5 Å². The third-order valence-electron chi connectivity index (χ3n) is 4.12. The van der Waals surface area contributed by atoms with E-state index >= 15 is 0 Å². The minimum atomic E-state index is -0.0792. The van der Waals surface area contributed by atoms with Gasteiger partial charge in [-0.3, -0.25) is 9.69 Å². The minimum absolute atomic E-state index is 0.0780. The molecule has 1 rings (SSSR count). The van der Waals surface area contributed by atoms with E-state index in [-0.39, 0.29) is 21.5 Å². The maximum atomic E-state index is 12.2. The van der Waals surface area contributed by atoms with Crippen LogP contribution in [0.15, 0.2) is 0 Å². The second-order valence-corrected chi connectivity index (χ2v) is 12.0. The smallest absolute Gasteiger partial charge is 0.323 e. The number of hydrogen-bond acceptors (Lipinski definition) is 6. The average molecular weight is 377 g/mol. The number of rotatable bonds is 8. The fraction of sp³-hybridized carbons (Fsp3) is 0.944. The zero-order valence-electron chi connectivity index (χ0n) is 16.7. The standard InChI is InChI=1S/C18H36N2O2S2/c1-17(2,3)23-13-20-11-14(9-15(20)16(21)22-8)10-18(4,5)24-12-19(6)7/h14-15H,9-13H2,1-8H3. The molecule has 2 unspecified atom stereocenters. The van der Waals surface area contributed by atoms with Crippen molar-refractivity contribution in [1.82, 2.24) is 9.80 Å².